The molecular formula is C14H10BrCl2FO. The second kappa shape index (κ2) is 6.23. The Labute approximate surface area is 129 Å². The van der Waals surface area contributed by atoms with Gasteiger partial charge in [0.05, 0.1) is 16.1 Å². The van der Waals surface area contributed by atoms with Crippen molar-refractivity contribution in [3.05, 3.63) is 67.9 Å². The van der Waals surface area contributed by atoms with E-state index in [-0.39, 0.29) is 5.82 Å². The first kappa shape index (κ1) is 14.8. The van der Waals surface area contributed by atoms with E-state index in [1.165, 1.54) is 12.1 Å². The van der Waals surface area contributed by atoms with E-state index >= 15 is 0 Å². The molecule has 1 N–H and O–H groups in total. The van der Waals surface area contributed by atoms with Crippen LogP contribution in [0.2, 0.25) is 10.0 Å². The van der Waals surface area contributed by atoms with Crippen molar-refractivity contribution in [3.63, 3.8) is 0 Å². The molecule has 19 heavy (non-hydrogen) atoms. The van der Waals surface area contributed by atoms with Crippen LogP contribution in [0.1, 0.15) is 17.2 Å². The van der Waals surface area contributed by atoms with Crippen molar-refractivity contribution in [2.75, 3.05) is 0 Å². The Bertz CT molecular complexity index is 604. The van der Waals surface area contributed by atoms with Gasteiger partial charge >= 0.3 is 0 Å². The van der Waals surface area contributed by atoms with Crippen molar-refractivity contribution < 1.29 is 9.50 Å². The number of halogens is 4. The number of aliphatic hydroxyl groups excluding tert-OH is 1. The zero-order valence-electron chi connectivity index (χ0n) is 9.71. The highest BCUT2D eigenvalue weighted by molar-refractivity contribution is 9.10. The van der Waals surface area contributed by atoms with Gasteiger partial charge in [-0.1, -0.05) is 51.3 Å². The van der Waals surface area contributed by atoms with Crippen LogP contribution in [0.25, 0.3) is 0 Å². The van der Waals surface area contributed by atoms with Gasteiger partial charge in [0.25, 0.3) is 0 Å². The molecule has 5 heteroatoms. The number of aliphatic hydroxyl groups is 1. The molecule has 0 spiro atoms. The van der Waals surface area contributed by atoms with Crippen LogP contribution in [0.5, 0.6) is 0 Å². The van der Waals surface area contributed by atoms with Gasteiger partial charge in [0, 0.05) is 10.9 Å². The minimum Gasteiger partial charge on any atom is -0.388 e. The van der Waals surface area contributed by atoms with Crippen LogP contribution >= 0.6 is 39.1 Å². The molecule has 2 aromatic carbocycles. The molecule has 0 bridgehead atoms. The molecule has 2 aromatic rings. The lowest BCUT2D eigenvalue weighted by Gasteiger charge is -2.13. The maximum absolute atomic E-state index is 13.0. The Morgan fingerprint density at radius 2 is 1.84 bits per heavy atom. The van der Waals surface area contributed by atoms with Crippen molar-refractivity contribution in [1.29, 1.82) is 0 Å². The van der Waals surface area contributed by atoms with Gasteiger partial charge in [0.1, 0.15) is 5.82 Å². The average molecular weight is 364 g/mol. The number of hydrogen-bond acceptors (Lipinski definition) is 1. The maximum Gasteiger partial charge on any atom is 0.124 e. The summed E-state index contributed by atoms with van der Waals surface area (Å²) in [5.41, 5.74) is 1.49. The van der Waals surface area contributed by atoms with Crippen molar-refractivity contribution in [1.82, 2.24) is 0 Å². The largest absolute Gasteiger partial charge is 0.388 e. The third-order valence-electron chi connectivity index (χ3n) is 2.73. The molecule has 0 amide bonds. The van der Waals surface area contributed by atoms with E-state index in [4.69, 9.17) is 23.2 Å². The van der Waals surface area contributed by atoms with Gasteiger partial charge < -0.3 is 5.11 Å². The zero-order valence-corrected chi connectivity index (χ0v) is 12.8. The normalized spacial score (nSPS) is 12.5. The first-order chi connectivity index (χ1) is 8.97. The van der Waals surface area contributed by atoms with E-state index in [9.17, 15) is 9.50 Å². The highest BCUT2D eigenvalue weighted by atomic mass is 79.9. The second-order valence-electron chi connectivity index (χ2n) is 4.13. The Balaban J connectivity index is 2.20. The van der Waals surface area contributed by atoms with Gasteiger partial charge in [-0.3, -0.25) is 0 Å². The molecule has 0 aliphatic carbocycles. The lowest BCUT2D eigenvalue weighted by Crippen LogP contribution is -2.03. The SMILES string of the molecule is OC(Cc1ccc(Cl)c(Cl)c1)c1ccc(F)cc1Br. The summed E-state index contributed by atoms with van der Waals surface area (Å²) in [4.78, 5) is 0. The molecule has 0 aromatic heterocycles. The fourth-order valence-electron chi connectivity index (χ4n) is 1.77. The number of hydrogen-bond donors (Lipinski definition) is 1. The summed E-state index contributed by atoms with van der Waals surface area (Å²) in [6.45, 7) is 0. The van der Waals surface area contributed by atoms with Crippen LogP contribution < -0.4 is 0 Å². The predicted molar refractivity (Wildman–Crippen MR) is 79.2 cm³/mol. The summed E-state index contributed by atoms with van der Waals surface area (Å²) < 4.78 is 13.5. The first-order valence-corrected chi connectivity index (χ1v) is 7.09. The lowest BCUT2D eigenvalue weighted by atomic mass is 10.0. The van der Waals surface area contributed by atoms with Crippen LogP contribution in [0.4, 0.5) is 4.39 Å². The summed E-state index contributed by atoms with van der Waals surface area (Å²) in [5, 5.41) is 11.1. The molecule has 2 rings (SSSR count). The van der Waals surface area contributed by atoms with Crippen LogP contribution in [0.3, 0.4) is 0 Å². The third kappa shape index (κ3) is 3.69. The highest BCUT2D eigenvalue weighted by Gasteiger charge is 2.13. The fraction of sp³-hybridized carbons (Fsp3) is 0.143. The van der Waals surface area contributed by atoms with Crippen LogP contribution in [-0.4, -0.2) is 5.11 Å². The molecule has 0 radical (unpaired) electrons. The number of benzene rings is 2. The van der Waals surface area contributed by atoms with Crippen LogP contribution in [0.15, 0.2) is 40.9 Å². The van der Waals surface area contributed by atoms with Crippen molar-refractivity contribution in [2.24, 2.45) is 0 Å². The van der Waals surface area contributed by atoms with E-state index in [1.807, 2.05) is 0 Å². The molecule has 0 fully saturated rings. The Morgan fingerprint density at radius 3 is 2.47 bits per heavy atom. The molecular weight excluding hydrogens is 354 g/mol. The molecule has 1 atom stereocenters. The third-order valence-corrected chi connectivity index (χ3v) is 4.16. The van der Waals surface area contributed by atoms with E-state index in [1.54, 1.807) is 24.3 Å². The minimum atomic E-state index is -0.743. The summed E-state index contributed by atoms with van der Waals surface area (Å²) in [5.74, 6) is -0.350. The van der Waals surface area contributed by atoms with Gasteiger partial charge in [0.15, 0.2) is 0 Å². The van der Waals surface area contributed by atoms with Gasteiger partial charge in [0.2, 0.25) is 0 Å². The van der Waals surface area contributed by atoms with Crippen molar-refractivity contribution >= 4 is 39.1 Å². The molecule has 1 unspecified atom stereocenters. The van der Waals surface area contributed by atoms with E-state index in [2.05, 4.69) is 15.9 Å². The van der Waals surface area contributed by atoms with Crippen LogP contribution in [0, 0.1) is 5.82 Å². The molecule has 0 heterocycles. The summed E-state index contributed by atoms with van der Waals surface area (Å²) in [7, 11) is 0. The molecule has 0 saturated heterocycles. The van der Waals surface area contributed by atoms with E-state index in [0.29, 0.717) is 26.5 Å². The molecule has 0 aliphatic heterocycles. The Kier molecular flexibility index (Phi) is 4.85. The second-order valence-corrected chi connectivity index (χ2v) is 5.80. The highest BCUT2D eigenvalue weighted by Crippen LogP contribution is 2.29. The van der Waals surface area contributed by atoms with Crippen LogP contribution in [-0.2, 0) is 6.42 Å². The van der Waals surface area contributed by atoms with E-state index < -0.39 is 6.10 Å². The summed E-state index contributed by atoms with van der Waals surface area (Å²) in [6.07, 6.45) is -0.367. The first-order valence-electron chi connectivity index (χ1n) is 5.54. The van der Waals surface area contributed by atoms with Crippen molar-refractivity contribution in [2.45, 2.75) is 12.5 Å². The van der Waals surface area contributed by atoms with Gasteiger partial charge in [-0.15, -0.1) is 0 Å². The minimum absolute atomic E-state index is 0.350. The monoisotopic (exact) mass is 362 g/mol. The smallest absolute Gasteiger partial charge is 0.124 e. The summed E-state index contributed by atoms with van der Waals surface area (Å²) in [6, 6.07) is 9.40. The van der Waals surface area contributed by atoms with Crippen molar-refractivity contribution in [3.8, 4) is 0 Å². The van der Waals surface area contributed by atoms with Gasteiger partial charge in [-0.25, -0.2) is 4.39 Å². The predicted octanol–water partition coefficient (Wildman–Crippen LogP) is 5.17. The molecule has 0 aliphatic rings. The van der Waals surface area contributed by atoms with Gasteiger partial charge in [-0.05, 0) is 35.4 Å². The topological polar surface area (TPSA) is 20.2 Å². The fourth-order valence-corrected chi connectivity index (χ4v) is 2.71. The standard InChI is InChI=1S/C14H10BrCl2FO/c15-11-7-9(18)2-3-10(11)14(19)6-8-1-4-12(16)13(17)5-8/h1-5,7,14,19H,6H2. The quantitative estimate of drug-likeness (QED) is 0.797. The Hall–Kier alpha value is -0.610. The molecule has 100 valence electrons. The summed E-state index contributed by atoms with van der Waals surface area (Å²) >= 11 is 15.0. The van der Waals surface area contributed by atoms with E-state index in [0.717, 1.165) is 5.56 Å². The molecule has 0 saturated carbocycles. The molecule has 1 nitrogen and oxygen atoms in total. The average Bonchev–Trinajstić information content (AvgIpc) is 2.33. The number of rotatable bonds is 3. The lowest BCUT2D eigenvalue weighted by molar-refractivity contribution is 0.177. The zero-order chi connectivity index (χ0) is 14.0. The maximum atomic E-state index is 13.0. The van der Waals surface area contributed by atoms with Gasteiger partial charge in [-0.2, -0.15) is 0 Å². The Morgan fingerprint density at radius 1 is 1.11 bits per heavy atom.